The molecule has 0 aliphatic heterocycles. The number of ether oxygens (including phenoxy) is 1. The minimum absolute atomic E-state index is 0.0939. The summed E-state index contributed by atoms with van der Waals surface area (Å²) in [5.74, 6) is -1.06. The first-order valence-corrected chi connectivity index (χ1v) is 9.37. The SMILES string of the molecule is CCOC(=O)[C@]1(c2ccc(Br)cc2)C[C@]1(c1ccc(C(F)(F)F)cc1)C(F)(F)F. The molecule has 2 aromatic carbocycles. The Hall–Kier alpha value is -2.03. The van der Waals surface area contributed by atoms with Crippen LogP contribution in [0.5, 0.6) is 0 Å². The lowest BCUT2D eigenvalue weighted by Gasteiger charge is -2.28. The van der Waals surface area contributed by atoms with Gasteiger partial charge in [-0.1, -0.05) is 40.2 Å². The van der Waals surface area contributed by atoms with Crippen LogP contribution in [0, 0.1) is 0 Å². The third-order valence-corrected chi connectivity index (χ3v) is 5.81. The smallest absolute Gasteiger partial charge is 0.416 e. The highest BCUT2D eigenvalue weighted by molar-refractivity contribution is 9.10. The number of carbonyl (C=O) groups is 1. The molecule has 1 aliphatic rings. The molecule has 1 saturated carbocycles. The van der Waals surface area contributed by atoms with Crippen LogP contribution < -0.4 is 0 Å². The van der Waals surface area contributed by atoms with Crippen molar-refractivity contribution < 1.29 is 35.9 Å². The van der Waals surface area contributed by atoms with Crippen LogP contribution in [-0.2, 0) is 26.5 Å². The van der Waals surface area contributed by atoms with E-state index in [2.05, 4.69) is 15.9 Å². The lowest BCUT2D eigenvalue weighted by Crippen LogP contribution is -2.41. The summed E-state index contributed by atoms with van der Waals surface area (Å²) in [6, 6.07) is 8.55. The van der Waals surface area contributed by atoms with Crippen LogP contribution >= 0.6 is 15.9 Å². The van der Waals surface area contributed by atoms with Crippen molar-refractivity contribution in [1.29, 1.82) is 0 Å². The number of rotatable bonds is 4. The summed E-state index contributed by atoms with van der Waals surface area (Å²) in [6.45, 7) is 1.35. The topological polar surface area (TPSA) is 26.3 Å². The molecule has 1 fully saturated rings. The maximum atomic E-state index is 14.3. The van der Waals surface area contributed by atoms with Gasteiger partial charge in [0.2, 0.25) is 0 Å². The first kappa shape index (κ1) is 21.7. The van der Waals surface area contributed by atoms with E-state index in [9.17, 15) is 31.1 Å². The molecule has 0 radical (unpaired) electrons. The van der Waals surface area contributed by atoms with Crippen LogP contribution in [0.1, 0.15) is 30.0 Å². The lowest BCUT2D eigenvalue weighted by atomic mass is 9.80. The number of hydrogen-bond acceptors (Lipinski definition) is 2. The Labute approximate surface area is 171 Å². The van der Waals surface area contributed by atoms with Crippen molar-refractivity contribution in [1.82, 2.24) is 0 Å². The van der Waals surface area contributed by atoms with E-state index < -0.39 is 46.7 Å². The molecule has 0 heterocycles. The van der Waals surface area contributed by atoms with Gasteiger partial charge in [-0.3, -0.25) is 4.79 Å². The Bertz CT molecular complexity index is 905. The van der Waals surface area contributed by atoms with Gasteiger partial charge in [0.25, 0.3) is 0 Å². The van der Waals surface area contributed by atoms with E-state index in [0.717, 1.165) is 12.1 Å². The van der Waals surface area contributed by atoms with E-state index in [4.69, 9.17) is 4.74 Å². The Balaban J connectivity index is 2.20. The van der Waals surface area contributed by atoms with Gasteiger partial charge < -0.3 is 4.74 Å². The molecule has 1 aliphatic carbocycles. The van der Waals surface area contributed by atoms with E-state index >= 15 is 0 Å². The van der Waals surface area contributed by atoms with Crippen molar-refractivity contribution in [2.45, 2.75) is 36.5 Å². The van der Waals surface area contributed by atoms with Gasteiger partial charge >= 0.3 is 18.3 Å². The molecule has 2 nitrogen and oxygen atoms in total. The zero-order chi connectivity index (χ0) is 21.7. The van der Waals surface area contributed by atoms with E-state index in [-0.39, 0.29) is 12.2 Å². The quantitative estimate of drug-likeness (QED) is 0.386. The fourth-order valence-corrected chi connectivity index (χ4v) is 4.12. The van der Waals surface area contributed by atoms with Gasteiger partial charge in [0.15, 0.2) is 0 Å². The molecule has 2 aromatic rings. The van der Waals surface area contributed by atoms with Crippen LogP contribution in [0.3, 0.4) is 0 Å². The number of halogens is 7. The largest absolute Gasteiger partial charge is 0.465 e. The molecule has 2 atom stereocenters. The van der Waals surface area contributed by atoms with Crippen molar-refractivity contribution in [3.05, 3.63) is 69.7 Å². The van der Waals surface area contributed by atoms with E-state index in [1.165, 1.54) is 31.2 Å². The second-order valence-electron chi connectivity index (χ2n) is 6.79. The monoisotopic (exact) mass is 480 g/mol. The van der Waals surface area contributed by atoms with Gasteiger partial charge in [-0.2, -0.15) is 26.3 Å². The van der Waals surface area contributed by atoms with Crippen LogP contribution in [0.25, 0.3) is 0 Å². The van der Waals surface area contributed by atoms with Gasteiger partial charge in [0.05, 0.1) is 12.2 Å². The minimum Gasteiger partial charge on any atom is -0.465 e. The summed E-state index contributed by atoms with van der Waals surface area (Å²) >= 11 is 3.19. The molecule has 156 valence electrons. The van der Waals surface area contributed by atoms with Crippen molar-refractivity contribution >= 4 is 21.9 Å². The molecule has 3 rings (SSSR count). The van der Waals surface area contributed by atoms with Gasteiger partial charge in [-0.15, -0.1) is 0 Å². The number of benzene rings is 2. The predicted octanol–water partition coefficient (Wildman–Crippen LogP) is 6.17. The number of esters is 1. The van der Waals surface area contributed by atoms with Crippen molar-refractivity contribution in [2.24, 2.45) is 0 Å². The molecule has 0 saturated heterocycles. The highest BCUT2D eigenvalue weighted by atomic mass is 79.9. The van der Waals surface area contributed by atoms with Gasteiger partial charge in [-0.05, 0) is 48.7 Å². The summed E-state index contributed by atoms with van der Waals surface area (Å²) in [7, 11) is 0. The zero-order valence-electron chi connectivity index (χ0n) is 15.0. The van der Waals surface area contributed by atoms with Gasteiger partial charge in [0.1, 0.15) is 10.8 Å². The fourth-order valence-electron chi connectivity index (χ4n) is 3.85. The first-order valence-electron chi connectivity index (χ1n) is 8.58. The summed E-state index contributed by atoms with van der Waals surface area (Å²) < 4.78 is 87.1. The zero-order valence-corrected chi connectivity index (χ0v) is 16.6. The summed E-state index contributed by atoms with van der Waals surface area (Å²) in [4.78, 5) is 12.8. The Kier molecular flexibility index (Phi) is 5.26. The van der Waals surface area contributed by atoms with Crippen LogP contribution in [0.2, 0.25) is 0 Å². The molecular formula is C20H15BrF6O2. The summed E-state index contributed by atoms with van der Waals surface area (Å²) in [5, 5.41) is 0. The Morgan fingerprint density at radius 2 is 1.48 bits per heavy atom. The highest BCUT2D eigenvalue weighted by Gasteiger charge is 2.85. The van der Waals surface area contributed by atoms with E-state index in [0.29, 0.717) is 16.6 Å². The van der Waals surface area contributed by atoms with Gasteiger partial charge in [0, 0.05) is 4.47 Å². The maximum Gasteiger partial charge on any atom is 0.416 e. The van der Waals surface area contributed by atoms with E-state index in [1.807, 2.05) is 0 Å². The van der Waals surface area contributed by atoms with Crippen molar-refractivity contribution in [3.8, 4) is 0 Å². The molecule has 9 heteroatoms. The Morgan fingerprint density at radius 1 is 0.966 bits per heavy atom. The second kappa shape index (κ2) is 7.04. The number of hydrogen-bond donors (Lipinski definition) is 0. The van der Waals surface area contributed by atoms with Crippen LogP contribution in [0.15, 0.2) is 53.0 Å². The van der Waals surface area contributed by atoms with Crippen LogP contribution in [0.4, 0.5) is 26.3 Å². The third kappa shape index (κ3) is 3.33. The molecule has 0 bridgehead atoms. The van der Waals surface area contributed by atoms with Crippen LogP contribution in [-0.4, -0.2) is 18.8 Å². The average molecular weight is 481 g/mol. The molecule has 0 N–H and O–H groups in total. The predicted molar refractivity (Wildman–Crippen MR) is 96.2 cm³/mol. The molecular weight excluding hydrogens is 466 g/mol. The standard InChI is InChI=1S/C20H15BrF6O2/c1-2-29-16(28)17(12-7-9-15(21)10-8-12)11-18(17,20(25,26)27)13-3-5-14(6-4-13)19(22,23)24/h3-10H,2,11H2,1H3/t17-,18-/m1/s1. The number of alkyl halides is 6. The summed E-state index contributed by atoms with van der Waals surface area (Å²) in [6.07, 6.45) is -10.2. The Morgan fingerprint density at radius 3 is 1.93 bits per heavy atom. The van der Waals surface area contributed by atoms with E-state index in [1.54, 1.807) is 0 Å². The molecule has 0 amide bonds. The summed E-state index contributed by atoms with van der Waals surface area (Å²) in [5.41, 5.74) is -6.12. The second-order valence-corrected chi connectivity index (χ2v) is 7.70. The maximum absolute atomic E-state index is 14.3. The fraction of sp³-hybridized carbons (Fsp3) is 0.350. The normalized spacial score (nSPS) is 24.3. The molecule has 0 spiro atoms. The lowest BCUT2D eigenvalue weighted by molar-refractivity contribution is -0.175. The third-order valence-electron chi connectivity index (χ3n) is 5.28. The molecule has 0 unspecified atom stereocenters. The van der Waals surface area contributed by atoms with Crippen molar-refractivity contribution in [3.63, 3.8) is 0 Å². The first-order chi connectivity index (χ1) is 13.4. The highest BCUT2D eigenvalue weighted by Crippen LogP contribution is 2.72. The molecule has 0 aromatic heterocycles. The average Bonchev–Trinajstić information content (AvgIpc) is 3.35. The minimum atomic E-state index is -4.90. The number of carbonyl (C=O) groups excluding carboxylic acids is 1. The van der Waals surface area contributed by atoms with Gasteiger partial charge in [-0.25, -0.2) is 0 Å². The van der Waals surface area contributed by atoms with Crippen molar-refractivity contribution in [2.75, 3.05) is 6.61 Å². The molecule has 29 heavy (non-hydrogen) atoms.